The van der Waals surface area contributed by atoms with E-state index in [0.717, 1.165) is 27.1 Å². The number of aromatic nitrogens is 3. The number of thiazole rings is 1. The van der Waals surface area contributed by atoms with Gasteiger partial charge in [-0.15, -0.1) is 0 Å². The van der Waals surface area contributed by atoms with Crippen molar-refractivity contribution < 1.29 is 9.90 Å². The van der Waals surface area contributed by atoms with Gasteiger partial charge in [0.1, 0.15) is 18.2 Å². The highest BCUT2D eigenvalue weighted by Crippen LogP contribution is 2.30. The Morgan fingerprint density at radius 3 is 2.89 bits per heavy atom. The molecule has 0 aromatic carbocycles. The minimum absolute atomic E-state index is 0.384. The van der Waals surface area contributed by atoms with Crippen LogP contribution in [0.3, 0.4) is 0 Å². The van der Waals surface area contributed by atoms with Crippen LogP contribution in [-0.2, 0) is 4.79 Å². The predicted octanol–water partition coefficient (Wildman–Crippen LogP) is 2.20. The van der Waals surface area contributed by atoms with Crippen LogP contribution in [0.1, 0.15) is 5.56 Å². The molecule has 0 aliphatic heterocycles. The molecule has 0 radical (unpaired) electrons. The molecule has 0 bridgehead atoms. The van der Waals surface area contributed by atoms with Gasteiger partial charge in [0.05, 0.1) is 10.6 Å². The van der Waals surface area contributed by atoms with Gasteiger partial charge in [0.25, 0.3) is 0 Å². The first kappa shape index (κ1) is 19.7. The van der Waals surface area contributed by atoms with Crippen molar-refractivity contribution in [3.05, 3.63) is 48.3 Å². The largest absolute Gasteiger partial charge is 0.387 e. The van der Waals surface area contributed by atoms with Crippen LogP contribution in [0, 0.1) is 6.92 Å². The lowest BCUT2D eigenvalue weighted by atomic mass is 10.3. The first-order valence-electron chi connectivity index (χ1n) is 8.77. The van der Waals surface area contributed by atoms with E-state index >= 15 is 0 Å². The smallest absolute Gasteiger partial charge is 0.245 e. The number of nitrogens with one attached hydrogen (secondary N) is 2. The summed E-state index contributed by atoms with van der Waals surface area (Å²) in [5.74, 6) is 1.08. The number of hydrogen-bond acceptors (Lipinski definition) is 8. The average Bonchev–Trinajstić information content (AvgIpc) is 3.18. The maximum Gasteiger partial charge on any atom is 0.245 e. The lowest BCUT2D eigenvalue weighted by molar-refractivity contribution is -0.123. The normalized spacial score (nSPS) is 10.5. The van der Waals surface area contributed by atoms with Crippen molar-refractivity contribution >= 4 is 34.0 Å². The third kappa shape index (κ3) is 5.24. The summed E-state index contributed by atoms with van der Waals surface area (Å²) in [5.41, 5.74) is 1.95. The molecule has 9 heteroatoms. The number of likely N-dealkylation sites (N-methyl/N-ethyl adjacent to an activating group) is 1. The number of hydrogen-bond donors (Lipinski definition) is 3. The van der Waals surface area contributed by atoms with E-state index in [1.807, 2.05) is 49.2 Å². The van der Waals surface area contributed by atoms with Crippen LogP contribution >= 0.6 is 11.3 Å². The second kappa shape index (κ2) is 9.25. The monoisotopic (exact) mass is 398 g/mol. The number of rotatable bonds is 8. The molecule has 3 rings (SSSR count). The fourth-order valence-electron chi connectivity index (χ4n) is 2.45. The quantitative estimate of drug-likeness (QED) is 0.534. The Morgan fingerprint density at radius 1 is 1.25 bits per heavy atom. The third-order valence-corrected chi connectivity index (χ3v) is 5.04. The van der Waals surface area contributed by atoms with Gasteiger partial charge >= 0.3 is 0 Å². The number of carbonyl (C=O) groups is 1. The molecule has 0 saturated carbocycles. The summed E-state index contributed by atoms with van der Waals surface area (Å²) in [4.78, 5) is 27.4. The van der Waals surface area contributed by atoms with Crippen molar-refractivity contribution in [1.29, 1.82) is 0 Å². The van der Waals surface area contributed by atoms with E-state index in [0.29, 0.717) is 18.9 Å². The molecule has 0 aliphatic rings. The van der Waals surface area contributed by atoms with Gasteiger partial charge in [-0.3, -0.25) is 4.79 Å². The van der Waals surface area contributed by atoms with Gasteiger partial charge in [0.15, 0.2) is 5.13 Å². The number of aliphatic hydroxyl groups excluding tert-OH is 1. The van der Waals surface area contributed by atoms with Crippen molar-refractivity contribution in [1.82, 2.24) is 20.3 Å². The van der Waals surface area contributed by atoms with Gasteiger partial charge in [-0.2, -0.15) is 0 Å². The molecule has 0 aliphatic carbocycles. The third-order valence-electron chi connectivity index (χ3n) is 3.91. The Kier molecular flexibility index (Phi) is 6.51. The molecule has 3 heterocycles. The highest BCUT2D eigenvalue weighted by molar-refractivity contribution is 7.18. The second-order valence-corrected chi connectivity index (χ2v) is 7.20. The highest BCUT2D eigenvalue weighted by atomic mass is 32.1. The van der Waals surface area contributed by atoms with Gasteiger partial charge in [-0.1, -0.05) is 17.4 Å². The summed E-state index contributed by atoms with van der Waals surface area (Å²) in [6.45, 7) is 2.54. The molecule has 28 heavy (non-hydrogen) atoms. The number of carbonyl (C=O) groups excluding carboxylic acids is 1. The summed E-state index contributed by atoms with van der Waals surface area (Å²) in [6, 6.07) is 9.68. The molecule has 146 valence electrons. The molecule has 0 atom stereocenters. The van der Waals surface area contributed by atoms with Crippen molar-refractivity contribution in [2.24, 2.45) is 0 Å². The number of amides is 1. The number of pyridine rings is 2. The van der Waals surface area contributed by atoms with Gasteiger partial charge in [-0.25, -0.2) is 15.0 Å². The van der Waals surface area contributed by atoms with E-state index in [4.69, 9.17) is 5.11 Å². The summed E-state index contributed by atoms with van der Waals surface area (Å²) >= 11 is 1.52. The van der Waals surface area contributed by atoms with E-state index in [2.05, 4.69) is 25.6 Å². The lowest BCUT2D eigenvalue weighted by Crippen LogP contribution is -2.34. The molecule has 0 saturated heterocycles. The van der Waals surface area contributed by atoms with Crippen LogP contribution in [0.4, 0.5) is 16.8 Å². The van der Waals surface area contributed by atoms with Gasteiger partial charge in [-0.05, 0) is 36.8 Å². The second-order valence-electron chi connectivity index (χ2n) is 6.19. The maximum atomic E-state index is 11.1. The molecular formula is C19H22N6O2S. The minimum atomic E-state index is -0.501. The molecule has 3 N–H and O–H groups in total. The summed E-state index contributed by atoms with van der Waals surface area (Å²) < 4.78 is 0. The van der Waals surface area contributed by atoms with E-state index < -0.39 is 6.61 Å². The summed E-state index contributed by atoms with van der Waals surface area (Å²) in [5, 5.41) is 15.4. The Labute approximate surface area is 167 Å². The minimum Gasteiger partial charge on any atom is -0.387 e. The van der Waals surface area contributed by atoms with Crippen molar-refractivity contribution in [3.63, 3.8) is 0 Å². The fourth-order valence-corrected chi connectivity index (χ4v) is 3.32. The van der Waals surface area contributed by atoms with E-state index in [9.17, 15) is 4.79 Å². The first-order valence-corrected chi connectivity index (χ1v) is 9.58. The van der Waals surface area contributed by atoms with Gasteiger partial charge < -0.3 is 20.6 Å². The molecule has 0 fully saturated rings. The standard InChI is InChI=1S/C19H22N6O2S/c1-13-6-7-20-17(10-13)24-16-5-3-4-14(23-16)15-11-22-19(28-15)25(2)9-8-21-18(27)12-26/h3-7,10-11,26H,8-9,12H2,1-2H3,(H,21,27)(H,20,23,24). The van der Waals surface area contributed by atoms with Crippen molar-refractivity contribution in [2.75, 3.05) is 37.0 Å². The van der Waals surface area contributed by atoms with Crippen LogP contribution in [0.2, 0.25) is 0 Å². The Hall–Kier alpha value is -3.04. The lowest BCUT2D eigenvalue weighted by Gasteiger charge is -2.15. The molecule has 0 unspecified atom stereocenters. The molecule has 3 aromatic rings. The topological polar surface area (TPSA) is 103 Å². The van der Waals surface area contributed by atoms with Crippen LogP contribution in [0.15, 0.2) is 42.7 Å². The fraction of sp³-hybridized carbons (Fsp3) is 0.263. The average molecular weight is 398 g/mol. The highest BCUT2D eigenvalue weighted by Gasteiger charge is 2.10. The predicted molar refractivity (Wildman–Crippen MR) is 111 cm³/mol. The van der Waals surface area contributed by atoms with E-state index in [-0.39, 0.29) is 5.91 Å². The Morgan fingerprint density at radius 2 is 2.11 bits per heavy atom. The Balaban J connectivity index is 1.66. The zero-order chi connectivity index (χ0) is 19.9. The number of nitrogens with zero attached hydrogens (tertiary/aromatic N) is 4. The first-order chi connectivity index (χ1) is 13.5. The molecular weight excluding hydrogens is 376 g/mol. The SMILES string of the molecule is Cc1ccnc(Nc2cccc(-c3cnc(N(C)CCNC(=O)CO)s3)n2)c1. The molecule has 8 nitrogen and oxygen atoms in total. The van der Waals surface area contributed by atoms with Crippen LogP contribution in [0.25, 0.3) is 10.6 Å². The molecule has 1 amide bonds. The Bertz CT molecular complexity index is 945. The maximum absolute atomic E-state index is 11.1. The van der Waals surface area contributed by atoms with Gasteiger partial charge in [0.2, 0.25) is 5.91 Å². The zero-order valence-electron chi connectivity index (χ0n) is 15.7. The number of aliphatic hydroxyl groups is 1. The van der Waals surface area contributed by atoms with E-state index in [1.165, 1.54) is 11.3 Å². The van der Waals surface area contributed by atoms with Crippen LogP contribution in [0.5, 0.6) is 0 Å². The zero-order valence-corrected chi connectivity index (χ0v) is 16.5. The van der Waals surface area contributed by atoms with Gasteiger partial charge in [0, 0.05) is 32.5 Å². The molecule has 0 spiro atoms. The summed E-state index contributed by atoms with van der Waals surface area (Å²) in [7, 11) is 1.91. The van der Waals surface area contributed by atoms with Crippen LogP contribution < -0.4 is 15.5 Å². The summed E-state index contributed by atoms with van der Waals surface area (Å²) in [6.07, 6.45) is 3.55. The van der Waals surface area contributed by atoms with Crippen molar-refractivity contribution in [3.8, 4) is 10.6 Å². The van der Waals surface area contributed by atoms with Crippen LogP contribution in [-0.4, -0.2) is 52.7 Å². The van der Waals surface area contributed by atoms with Crippen molar-refractivity contribution in [2.45, 2.75) is 6.92 Å². The number of aryl methyl sites for hydroxylation is 1. The number of anilines is 3. The molecule has 3 aromatic heterocycles. The van der Waals surface area contributed by atoms with E-state index in [1.54, 1.807) is 12.4 Å².